The number of hydrogen-bond donors (Lipinski definition) is 0. The van der Waals surface area contributed by atoms with Gasteiger partial charge in [-0.1, -0.05) is 30.0 Å². The molecule has 3 aromatic rings. The van der Waals surface area contributed by atoms with Crippen molar-refractivity contribution in [3.8, 4) is 17.3 Å². The first-order valence-corrected chi connectivity index (χ1v) is 10.8. The maximum absolute atomic E-state index is 12.3. The Morgan fingerprint density at radius 3 is 2.72 bits per heavy atom. The van der Waals surface area contributed by atoms with E-state index in [4.69, 9.17) is 9.15 Å². The number of thioether (sulfide) groups is 1. The minimum atomic E-state index is 0.200. The van der Waals surface area contributed by atoms with Gasteiger partial charge in [-0.2, -0.15) is 0 Å². The Balaban J connectivity index is 1.46. The van der Waals surface area contributed by atoms with Crippen LogP contribution in [0.4, 0.5) is 0 Å². The summed E-state index contributed by atoms with van der Waals surface area (Å²) in [7, 11) is 0. The number of hydrogen-bond acceptors (Lipinski definition) is 6. The van der Waals surface area contributed by atoms with E-state index in [9.17, 15) is 4.79 Å². The largest absolute Gasteiger partial charge is 0.461 e. The SMILES string of the molecule is Cc1ccccc1-n1c(SCCCC(=O)N2CCOCC2)nnc1-c1ccco1. The minimum Gasteiger partial charge on any atom is -0.461 e. The summed E-state index contributed by atoms with van der Waals surface area (Å²) in [6.07, 6.45) is 2.96. The van der Waals surface area contributed by atoms with Gasteiger partial charge < -0.3 is 14.1 Å². The van der Waals surface area contributed by atoms with E-state index in [-0.39, 0.29) is 5.91 Å². The molecule has 0 aliphatic carbocycles. The topological polar surface area (TPSA) is 73.4 Å². The molecule has 0 saturated carbocycles. The number of furan rings is 1. The highest BCUT2D eigenvalue weighted by Crippen LogP contribution is 2.30. The van der Waals surface area contributed by atoms with E-state index in [0.29, 0.717) is 44.3 Å². The van der Waals surface area contributed by atoms with Crippen LogP contribution in [0.1, 0.15) is 18.4 Å². The fourth-order valence-electron chi connectivity index (χ4n) is 3.32. The van der Waals surface area contributed by atoms with Gasteiger partial charge in [-0.15, -0.1) is 10.2 Å². The van der Waals surface area contributed by atoms with E-state index in [1.807, 2.05) is 33.7 Å². The fourth-order valence-corrected chi connectivity index (χ4v) is 4.20. The highest BCUT2D eigenvalue weighted by molar-refractivity contribution is 7.99. The first kappa shape index (κ1) is 19.7. The standard InChI is InChI=1S/C21H24N4O3S/c1-16-6-2-3-7-17(16)25-20(18-8-4-12-28-18)22-23-21(25)29-15-5-9-19(26)24-10-13-27-14-11-24/h2-4,6-8,12H,5,9-11,13-15H2,1H3. The van der Waals surface area contributed by atoms with Gasteiger partial charge in [0.2, 0.25) is 11.7 Å². The van der Waals surface area contributed by atoms with Crippen LogP contribution in [0.5, 0.6) is 0 Å². The maximum atomic E-state index is 12.3. The molecular formula is C21H24N4O3S. The summed E-state index contributed by atoms with van der Waals surface area (Å²) < 4.78 is 12.9. The van der Waals surface area contributed by atoms with Crippen LogP contribution >= 0.6 is 11.8 Å². The van der Waals surface area contributed by atoms with Gasteiger partial charge >= 0.3 is 0 Å². The summed E-state index contributed by atoms with van der Waals surface area (Å²) in [5.41, 5.74) is 2.15. The zero-order chi connectivity index (χ0) is 20.1. The molecule has 4 rings (SSSR count). The molecule has 1 amide bonds. The zero-order valence-corrected chi connectivity index (χ0v) is 17.2. The van der Waals surface area contributed by atoms with Crippen LogP contribution in [0, 0.1) is 6.92 Å². The summed E-state index contributed by atoms with van der Waals surface area (Å²) >= 11 is 1.61. The van der Waals surface area contributed by atoms with E-state index in [1.165, 1.54) is 0 Å². The van der Waals surface area contributed by atoms with Gasteiger partial charge in [-0.05, 0) is 37.1 Å². The Bertz CT molecular complexity index is 949. The van der Waals surface area contributed by atoms with Crippen molar-refractivity contribution >= 4 is 17.7 Å². The molecule has 0 N–H and O–H groups in total. The molecule has 1 aliphatic rings. The second-order valence-electron chi connectivity index (χ2n) is 6.85. The number of rotatable bonds is 7. The number of carbonyl (C=O) groups is 1. The Kier molecular flexibility index (Phi) is 6.31. The average molecular weight is 413 g/mol. The quantitative estimate of drug-likeness (QED) is 0.436. The van der Waals surface area contributed by atoms with Crippen molar-refractivity contribution in [2.24, 2.45) is 0 Å². The minimum absolute atomic E-state index is 0.200. The van der Waals surface area contributed by atoms with Crippen LogP contribution < -0.4 is 0 Å². The normalized spacial score (nSPS) is 14.3. The molecule has 0 spiro atoms. The van der Waals surface area contributed by atoms with E-state index in [1.54, 1.807) is 18.0 Å². The Morgan fingerprint density at radius 1 is 1.14 bits per heavy atom. The van der Waals surface area contributed by atoms with Gasteiger partial charge in [0.25, 0.3) is 0 Å². The summed E-state index contributed by atoms with van der Waals surface area (Å²) in [6.45, 7) is 4.72. The molecule has 1 aliphatic heterocycles. The molecule has 0 unspecified atom stereocenters. The lowest BCUT2D eigenvalue weighted by molar-refractivity contribution is -0.135. The van der Waals surface area contributed by atoms with E-state index in [2.05, 4.69) is 29.3 Å². The van der Waals surface area contributed by atoms with Crippen molar-refractivity contribution in [1.29, 1.82) is 0 Å². The Hall–Kier alpha value is -2.58. The molecule has 8 heteroatoms. The van der Waals surface area contributed by atoms with Crippen LogP contribution in [0.3, 0.4) is 0 Å². The molecule has 1 aromatic carbocycles. The first-order valence-electron chi connectivity index (χ1n) is 9.77. The lowest BCUT2D eigenvalue weighted by atomic mass is 10.2. The van der Waals surface area contributed by atoms with Gasteiger partial charge in [0.05, 0.1) is 25.2 Å². The fraction of sp³-hybridized carbons (Fsp3) is 0.381. The molecule has 2 aromatic heterocycles. The molecule has 0 radical (unpaired) electrons. The molecule has 29 heavy (non-hydrogen) atoms. The highest BCUT2D eigenvalue weighted by Gasteiger charge is 2.20. The predicted molar refractivity (Wildman–Crippen MR) is 111 cm³/mol. The van der Waals surface area contributed by atoms with Gasteiger partial charge in [0.1, 0.15) is 0 Å². The van der Waals surface area contributed by atoms with Crippen LogP contribution in [0.15, 0.2) is 52.2 Å². The predicted octanol–water partition coefficient (Wildman–Crippen LogP) is 3.57. The molecule has 1 saturated heterocycles. The van der Waals surface area contributed by atoms with Crippen molar-refractivity contribution in [2.45, 2.75) is 24.9 Å². The molecule has 1 fully saturated rings. The summed E-state index contributed by atoms with van der Waals surface area (Å²) in [6, 6.07) is 11.9. The number of aromatic nitrogens is 3. The molecule has 152 valence electrons. The average Bonchev–Trinajstić information content (AvgIpc) is 3.42. The van der Waals surface area contributed by atoms with Crippen LogP contribution in [0.25, 0.3) is 17.3 Å². The number of ether oxygens (including phenoxy) is 1. The number of nitrogens with zero attached hydrogens (tertiary/aromatic N) is 4. The van der Waals surface area contributed by atoms with Gasteiger partial charge in [-0.3, -0.25) is 9.36 Å². The molecule has 0 atom stereocenters. The third-order valence-corrected chi connectivity index (χ3v) is 5.88. The summed E-state index contributed by atoms with van der Waals surface area (Å²) in [4.78, 5) is 14.2. The van der Waals surface area contributed by atoms with E-state index in [0.717, 1.165) is 28.6 Å². The Morgan fingerprint density at radius 2 is 1.97 bits per heavy atom. The lowest BCUT2D eigenvalue weighted by Crippen LogP contribution is -2.40. The van der Waals surface area contributed by atoms with Crippen LogP contribution in [0.2, 0.25) is 0 Å². The van der Waals surface area contributed by atoms with Crippen molar-refractivity contribution < 1.29 is 13.9 Å². The second-order valence-corrected chi connectivity index (χ2v) is 7.91. The number of carbonyl (C=O) groups excluding carboxylic acids is 1. The first-order chi connectivity index (χ1) is 14.2. The van der Waals surface area contributed by atoms with E-state index >= 15 is 0 Å². The number of morpholine rings is 1. The van der Waals surface area contributed by atoms with Crippen molar-refractivity contribution in [3.05, 3.63) is 48.2 Å². The number of benzene rings is 1. The summed E-state index contributed by atoms with van der Waals surface area (Å²) in [5, 5.41) is 9.57. The summed E-state index contributed by atoms with van der Waals surface area (Å²) in [5.74, 6) is 2.34. The van der Waals surface area contributed by atoms with Gasteiger partial charge in [-0.25, -0.2) is 0 Å². The monoisotopic (exact) mass is 412 g/mol. The third-order valence-electron chi connectivity index (χ3n) is 4.86. The van der Waals surface area contributed by atoms with Gasteiger partial charge in [0.15, 0.2) is 10.9 Å². The van der Waals surface area contributed by atoms with Crippen LogP contribution in [-0.2, 0) is 9.53 Å². The van der Waals surface area contributed by atoms with Crippen molar-refractivity contribution in [1.82, 2.24) is 19.7 Å². The zero-order valence-electron chi connectivity index (χ0n) is 16.4. The second kappa shape index (κ2) is 9.28. The molecule has 0 bridgehead atoms. The van der Waals surface area contributed by atoms with Crippen molar-refractivity contribution in [2.75, 3.05) is 32.1 Å². The van der Waals surface area contributed by atoms with Gasteiger partial charge in [0, 0.05) is 25.3 Å². The highest BCUT2D eigenvalue weighted by atomic mass is 32.2. The molecule has 3 heterocycles. The number of para-hydroxylation sites is 1. The molecule has 7 nitrogen and oxygen atoms in total. The molecular weight excluding hydrogens is 388 g/mol. The number of aryl methyl sites for hydroxylation is 1. The van der Waals surface area contributed by atoms with E-state index < -0.39 is 0 Å². The lowest BCUT2D eigenvalue weighted by Gasteiger charge is -2.26. The number of amides is 1. The Labute approximate surface area is 174 Å². The third kappa shape index (κ3) is 4.54. The smallest absolute Gasteiger partial charge is 0.222 e. The maximum Gasteiger partial charge on any atom is 0.222 e. The van der Waals surface area contributed by atoms with Crippen LogP contribution in [-0.4, -0.2) is 57.6 Å². The van der Waals surface area contributed by atoms with Crippen molar-refractivity contribution in [3.63, 3.8) is 0 Å².